The molecule has 132 valence electrons. The Morgan fingerprint density at radius 3 is 2.42 bits per heavy atom. The number of nitrogens with zero attached hydrogens (tertiary/aromatic N) is 2. The number of benzene rings is 2. The van der Waals surface area contributed by atoms with Gasteiger partial charge in [-0.3, -0.25) is 9.59 Å². The van der Waals surface area contributed by atoms with E-state index in [0.717, 1.165) is 6.42 Å². The van der Waals surface area contributed by atoms with Crippen LogP contribution in [-0.2, 0) is 0 Å². The molecule has 2 atom stereocenters. The Hall–Kier alpha value is -2.95. The number of hydrogen-bond acceptors (Lipinski definition) is 3. The Bertz CT molecular complexity index is 1020. The summed E-state index contributed by atoms with van der Waals surface area (Å²) in [6.45, 7) is 3.77. The highest BCUT2D eigenvalue weighted by atomic mass is 16.2. The molecule has 1 fully saturated rings. The van der Waals surface area contributed by atoms with Gasteiger partial charge in [0.25, 0.3) is 11.5 Å². The number of amides is 1. The van der Waals surface area contributed by atoms with Gasteiger partial charge in [-0.15, -0.1) is 0 Å². The molecule has 5 nitrogen and oxygen atoms in total. The van der Waals surface area contributed by atoms with E-state index in [1.54, 1.807) is 12.1 Å². The van der Waals surface area contributed by atoms with Crippen LogP contribution in [0.5, 0.6) is 0 Å². The predicted octanol–water partition coefficient (Wildman–Crippen LogP) is 3.26. The number of fused-ring (bicyclic) bond motifs is 1. The monoisotopic (exact) mass is 347 g/mol. The molecule has 0 radical (unpaired) electrons. The van der Waals surface area contributed by atoms with Crippen molar-refractivity contribution in [2.75, 3.05) is 0 Å². The second-order valence-electron chi connectivity index (χ2n) is 7.07. The Balaban J connectivity index is 1.65. The summed E-state index contributed by atoms with van der Waals surface area (Å²) in [6, 6.07) is 17.4. The van der Waals surface area contributed by atoms with Crippen LogP contribution in [0.15, 0.2) is 59.4 Å². The fourth-order valence-electron chi connectivity index (χ4n) is 3.38. The minimum absolute atomic E-state index is 0.114. The SMILES string of the molecule is CC(C)n1nc(C(=O)N[C@H]2C[C@H]2c2ccccc2)c2ccccc2c1=O. The Morgan fingerprint density at radius 2 is 1.73 bits per heavy atom. The maximum atomic E-state index is 12.9. The summed E-state index contributed by atoms with van der Waals surface area (Å²) in [5, 5.41) is 8.58. The minimum atomic E-state index is -0.223. The van der Waals surface area contributed by atoms with Gasteiger partial charge >= 0.3 is 0 Å². The van der Waals surface area contributed by atoms with Gasteiger partial charge in [0.05, 0.1) is 11.4 Å². The first-order valence-electron chi connectivity index (χ1n) is 8.93. The standard InChI is InChI=1S/C21H21N3O2/c1-13(2)24-21(26)16-11-7-6-10-15(16)19(23-24)20(25)22-18-12-17(18)14-8-4-3-5-9-14/h3-11,13,17-18H,12H2,1-2H3,(H,22,25)/t17-,18-/m0/s1. The third-order valence-corrected chi connectivity index (χ3v) is 4.87. The molecule has 1 N–H and O–H groups in total. The summed E-state index contributed by atoms with van der Waals surface area (Å²) in [5.74, 6) is 0.126. The van der Waals surface area contributed by atoms with Crippen molar-refractivity contribution in [3.05, 3.63) is 76.2 Å². The first kappa shape index (κ1) is 16.5. The molecular weight excluding hydrogens is 326 g/mol. The number of rotatable bonds is 4. The van der Waals surface area contributed by atoms with E-state index in [1.807, 2.05) is 44.2 Å². The lowest BCUT2D eigenvalue weighted by atomic mass is 10.1. The number of hydrogen-bond donors (Lipinski definition) is 1. The molecule has 0 saturated heterocycles. The van der Waals surface area contributed by atoms with Gasteiger partial charge in [-0.05, 0) is 31.9 Å². The molecule has 1 heterocycles. The van der Waals surface area contributed by atoms with Crippen LogP contribution in [0.2, 0.25) is 0 Å². The first-order chi connectivity index (χ1) is 12.6. The zero-order chi connectivity index (χ0) is 18.3. The van der Waals surface area contributed by atoms with Crippen LogP contribution < -0.4 is 10.9 Å². The zero-order valence-electron chi connectivity index (χ0n) is 14.8. The minimum Gasteiger partial charge on any atom is -0.347 e. The van der Waals surface area contributed by atoms with Crippen molar-refractivity contribution in [1.82, 2.24) is 15.1 Å². The van der Waals surface area contributed by atoms with Gasteiger partial charge in [-0.25, -0.2) is 4.68 Å². The molecule has 26 heavy (non-hydrogen) atoms. The smallest absolute Gasteiger partial charge is 0.274 e. The predicted molar refractivity (Wildman–Crippen MR) is 101 cm³/mol. The number of nitrogens with one attached hydrogen (secondary N) is 1. The van der Waals surface area contributed by atoms with Crippen molar-refractivity contribution < 1.29 is 4.79 Å². The van der Waals surface area contributed by atoms with E-state index in [9.17, 15) is 9.59 Å². The highest BCUT2D eigenvalue weighted by molar-refractivity contribution is 6.05. The van der Waals surface area contributed by atoms with Crippen LogP contribution in [0.4, 0.5) is 0 Å². The quantitative estimate of drug-likeness (QED) is 0.788. The van der Waals surface area contributed by atoms with Crippen molar-refractivity contribution in [1.29, 1.82) is 0 Å². The van der Waals surface area contributed by atoms with E-state index in [0.29, 0.717) is 22.4 Å². The van der Waals surface area contributed by atoms with E-state index in [1.165, 1.54) is 10.2 Å². The summed E-state index contributed by atoms with van der Waals surface area (Å²) in [7, 11) is 0. The van der Waals surface area contributed by atoms with Gasteiger partial charge < -0.3 is 5.32 Å². The summed E-state index contributed by atoms with van der Waals surface area (Å²) in [4.78, 5) is 25.5. The molecule has 5 heteroatoms. The Kier molecular flexibility index (Phi) is 4.07. The van der Waals surface area contributed by atoms with Gasteiger partial charge in [0.1, 0.15) is 0 Å². The second kappa shape index (κ2) is 6.41. The summed E-state index contributed by atoms with van der Waals surface area (Å²) >= 11 is 0. The summed E-state index contributed by atoms with van der Waals surface area (Å²) in [5.41, 5.74) is 1.39. The molecule has 1 amide bonds. The maximum absolute atomic E-state index is 12.9. The van der Waals surface area contributed by atoms with Crippen LogP contribution in [0, 0.1) is 0 Å². The third-order valence-electron chi connectivity index (χ3n) is 4.87. The van der Waals surface area contributed by atoms with Crippen molar-refractivity contribution in [2.45, 2.75) is 38.3 Å². The highest BCUT2D eigenvalue weighted by Gasteiger charge is 2.40. The molecule has 0 spiro atoms. The van der Waals surface area contributed by atoms with E-state index in [2.05, 4.69) is 22.5 Å². The summed E-state index contributed by atoms with van der Waals surface area (Å²) < 4.78 is 1.39. The fourth-order valence-corrected chi connectivity index (χ4v) is 3.38. The first-order valence-corrected chi connectivity index (χ1v) is 8.93. The van der Waals surface area contributed by atoms with Crippen molar-refractivity contribution in [3.8, 4) is 0 Å². The van der Waals surface area contributed by atoms with Crippen molar-refractivity contribution in [2.24, 2.45) is 0 Å². The van der Waals surface area contributed by atoms with E-state index in [-0.39, 0.29) is 23.6 Å². The molecule has 3 aromatic rings. The molecule has 0 aliphatic heterocycles. The molecule has 4 rings (SSSR count). The van der Waals surface area contributed by atoms with Gasteiger partial charge in [0.2, 0.25) is 0 Å². The second-order valence-corrected chi connectivity index (χ2v) is 7.07. The van der Waals surface area contributed by atoms with Crippen LogP contribution in [0.25, 0.3) is 10.8 Å². The lowest BCUT2D eigenvalue weighted by Crippen LogP contribution is -2.32. The van der Waals surface area contributed by atoms with Gasteiger partial charge in [0, 0.05) is 17.3 Å². The van der Waals surface area contributed by atoms with Gasteiger partial charge in [-0.1, -0.05) is 48.5 Å². The molecule has 0 bridgehead atoms. The van der Waals surface area contributed by atoms with Crippen molar-refractivity contribution >= 4 is 16.7 Å². The fraction of sp³-hybridized carbons (Fsp3) is 0.286. The molecule has 1 aliphatic rings. The van der Waals surface area contributed by atoms with Gasteiger partial charge in [-0.2, -0.15) is 5.10 Å². The van der Waals surface area contributed by atoms with E-state index in [4.69, 9.17) is 0 Å². The molecular formula is C21H21N3O2. The normalized spacial score (nSPS) is 18.9. The molecule has 1 saturated carbocycles. The van der Waals surface area contributed by atoms with Crippen LogP contribution in [0.1, 0.15) is 48.3 Å². The number of carbonyl (C=O) groups excluding carboxylic acids is 1. The average Bonchev–Trinajstić information content (AvgIpc) is 3.41. The molecule has 1 aromatic heterocycles. The molecule has 0 unspecified atom stereocenters. The van der Waals surface area contributed by atoms with Crippen LogP contribution in [-0.4, -0.2) is 21.7 Å². The molecule has 1 aliphatic carbocycles. The number of aromatic nitrogens is 2. The highest BCUT2D eigenvalue weighted by Crippen LogP contribution is 2.40. The van der Waals surface area contributed by atoms with E-state index >= 15 is 0 Å². The van der Waals surface area contributed by atoms with Crippen LogP contribution in [0.3, 0.4) is 0 Å². The van der Waals surface area contributed by atoms with Crippen molar-refractivity contribution in [3.63, 3.8) is 0 Å². The van der Waals surface area contributed by atoms with Crippen LogP contribution >= 0.6 is 0 Å². The zero-order valence-corrected chi connectivity index (χ0v) is 14.8. The van der Waals surface area contributed by atoms with Gasteiger partial charge in [0.15, 0.2) is 5.69 Å². The topological polar surface area (TPSA) is 64.0 Å². The maximum Gasteiger partial charge on any atom is 0.274 e. The molecule has 2 aromatic carbocycles. The Morgan fingerprint density at radius 1 is 1.08 bits per heavy atom. The summed E-state index contributed by atoms with van der Waals surface area (Å²) in [6.07, 6.45) is 0.928. The number of carbonyl (C=O) groups is 1. The van der Waals surface area contributed by atoms with E-state index < -0.39 is 0 Å². The lowest BCUT2D eigenvalue weighted by molar-refractivity contribution is 0.0944. The lowest BCUT2D eigenvalue weighted by Gasteiger charge is -2.13. The largest absolute Gasteiger partial charge is 0.347 e. The average molecular weight is 347 g/mol. The Labute approximate surface area is 151 Å². The third kappa shape index (κ3) is 2.90.